The number of rotatable bonds is 4. The van der Waals surface area contributed by atoms with E-state index in [1.165, 1.54) is 0 Å². The standard InChI is InChI=1S/C22H19N3O2/c1-25-14-19(18-10-11-23-20(18)22(25)27)16-8-5-9-17(12-16)21(26)24-13-15-6-3-2-4-7-15/h2-12,14,23H,13H2,1H3,(H,24,26). The fourth-order valence-electron chi connectivity index (χ4n) is 3.21. The van der Waals surface area contributed by atoms with Crippen LogP contribution in [-0.4, -0.2) is 15.5 Å². The first-order valence-electron chi connectivity index (χ1n) is 8.73. The third-order valence-electron chi connectivity index (χ3n) is 4.63. The van der Waals surface area contributed by atoms with Crippen molar-refractivity contribution in [3.8, 4) is 11.1 Å². The lowest BCUT2D eigenvalue weighted by Crippen LogP contribution is -2.22. The molecule has 5 nitrogen and oxygen atoms in total. The van der Waals surface area contributed by atoms with Crippen LogP contribution in [0.5, 0.6) is 0 Å². The molecule has 1 amide bonds. The Morgan fingerprint density at radius 2 is 1.89 bits per heavy atom. The lowest BCUT2D eigenvalue weighted by Gasteiger charge is -2.10. The molecule has 134 valence electrons. The summed E-state index contributed by atoms with van der Waals surface area (Å²) in [7, 11) is 1.72. The van der Waals surface area contributed by atoms with Gasteiger partial charge in [-0.05, 0) is 29.3 Å². The predicted molar refractivity (Wildman–Crippen MR) is 107 cm³/mol. The number of benzene rings is 2. The highest BCUT2D eigenvalue weighted by Gasteiger charge is 2.12. The van der Waals surface area contributed by atoms with Gasteiger partial charge in [-0.3, -0.25) is 9.59 Å². The van der Waals surface area contributed by atoms with Crippen molar-refractivity contribution in [2.24, 2.45) is 7.05 Å². The smallest absolute Gasteiger partial charge is 0.274 e. The van der Waals surface area contributed by atoms with Crippen LogP contribution in [0, 0.1) is 0 Å². The summed E-state index contributed by atoms with van der Waals surface area (Å²) in [6.45, 7) is 0.478. The van der Waals surface area contributed by atoms with Crippen molar-refractivity contribution in [1.29, 1.82) is 0 Å². The highest BCUT2D eigenvalue weighted by atomic mass is 16.1. The molecule has 0 aliphatic heterocycles. The lowest BCUT2D eigenvalue weighted by atomic mass is 10.0. The van der Waals surface area contributed by atoms with E-state index in [9.17, 15) is 9.59 Å². The highest BCUT2D eigenvalue weighted by Crippen LogP contribution is 2.27. The van der Waals surface area contributed by atoms with Gasteiger partial charge in [-0.1, -0.05) is 42.5 Å². The number of aromatic nitrogens is 2. The minimum atomic E-state index is -0.129. The Morgan fingerprint density at radius 3 is 2.70 bits per heavy atom. The first kappa shape index (κ1) is 16.8. The van der Waals surface area contributed by atoms with Gasteiger partial charge in [-0.15, -0.1) is 0 Å². The van der Waals surface area contributed by atoms with Crippen LogP contribution in [0.15, 0.2) is 77.9 Å². The summed E-state index contributed by atoms with van der Waals surface area (Å²) in [4.78, 5) is 27.8. The molecule has 4 aromatic rings. The first-order chi connectivity index (χ1) is 13.1. The number of fused-ring (bicyclic) bond motifs is 1. The van der Waals surface area contributed by atoms with Crippen LogP contribution in [0.4, 0.5) is 0 Å². The van der Waals surface area contributed by atoms with E-state index in [2.05, 4.69) is 10.3 Å². The monoisotopic (exact) mass is 357 g/mol. The average Bonchev–Trinajstić information content (AvgIpc) is 3.20. The maximum absolute atomic E-state index is 12.6. The summed E-state index contributed by atoms with van der Waals surface area (Å²) in [5.74, 6) is -0.129. The second kappa shape index (κ2) is 6.96. The summed E-state index contributed by atoms with van der Waals surface area (Å²) in [5, 5.41) is 3.79. The van der Waals surface area contributed by atoms with Gasteiger partial charge in [0.1, 0.15) is 5.52 Å². The van der Waals surface area contributed by atoms with E-state index in [0.717, 1.165) is 22.1 Å². The first-order valence-corrected chi connectivity index (χ1v) is 8.73. The van der Waals surface area contributed by atoms with Crippen LogP contribution in [0.2, 0.25) is 0 Å². The quantitative estimate of drug-likeness (QED) is 0.587. The Balaban J connectivity index is 1.65. The number of nitrogens with one attached hydrogen (secondary N) is 2. The third kappa shape index (κ3) is 3.27. The molecule has 2 aromatic heterocycles. The van der Waals surface area contributed by atoms with Crippen LogP contribution >= 0.6 is 0 Å². The molecule has 0 spiro atoms. The van der Waals surface area contributed by atoms with Gasteiger partial charge in [0.25, 0.3) is 11.5 Å². The molecule has 0 saturated heterocycles. The molecule has 0 saturated carbocycles. The van der Waals surface area contributed by atoms with Gasteiger partial charge in [0.2, 0.25) is 0 Å². The van der Waals surface area contributed by atoms with Gasteiger partial charge in [0.15, 0.2) is 0 Å². The number of aromatic amines is 1. The minimum Gasteiger partial charge on any atom is -0.357 e. The van der Waals surface area contributed by atoms with Gasteiger partial charge in [0.05, 0.1) is 0 Å². The Hall–Kier alpha value is -3.60. The zero-order valence-electron chi connectivity index (χ0n) is 14.9. The number of amides is 1. The fraction of sp³-hybridized carbons (Fsp3) is 0.0909. The summed E-state index contributed by atoms with van der Waals surface area (Å²) in [6, 6.07) is 19.1. The predicted octanol–water partition coefficient (Wildman–Crippen LogP) is 3.46. The molecule has 0 atom stereocenters. The second-order valence-corrected chi connectivity index (χ2v) is 6.47. The summed E-state index contributed by atoms with van der Waals surface area (Å²) < 4.78 is 1.55. The molecule has 2 aromatic carbocycles. The van der Waals surface area contributed by atoms with Crippen molar-refractivity contribution in [3.63, 3.8) is 0 Å². The van der Waals surface area contributed by atoms with Crippen molar-refractivity contribution < 1.29 is 4.79 Å². The Kier molecular flexibility index (Phi) is 4.34. The SMILES string of the molecule is Cn1cc(-c2cccc(C(=O)NCc3ccccc3)c2)c2cc[nH]c2c1=O. The van der Waals surface area contributed by atoms with Crippen molar-refractivity contribution in [2.75, 3.05) is 0 Å². The minimum absolute atomic E-state index is 0.0736. The third-order valence-corrected chi connectivity index (χ3v) is 4.63. The van der Waals surface area contributed by atoms with E-state index in [1.54, 1.807) is 30.1 Å². The molecule has 5 heteroatoms. The van der Waals surface area contributed by atoms with Crippen LogP contribution < -0.4 is 10.9 Å². The number of H-pyrrole nitrogens is 1. The van der Waals surface area contributed by atoms with E-state index >= 15 is 0 Å². The number of aryl methyl sites for hydroxylation is 1. The maximum Gasteiger partial charge on any atom is 0.274 e. The molecule has 0 unspecified atom stereocenters. The molecule has 4 rings (SSSR count). The molecule has 0 bridgehead atoms. The zero-order valence-corrected chi connectivity index (χ0v) is 14.9. The normalized spacial score (nSPS) is 10.9. The maximum atomic E-state index is 12.6. The summed E-state index contributed by atoms with van der Waals surface area (Å²) in [6.07, 6.45) is 3.56. The number of hydrogen-bond acceptors (Lipinski definition) is 2. The molecule has 2 heterocycles. The Morgan fingerprint density at radius 1 is 1.07 bits per heavy atom. The van der Waals surface area contributed by atoms with Crippen molar-refractivity contribution >= 4 is 16.8 Å². The van der Waals surface area contributed by atoms with E-state index < -0.39 is 0 Å². The van der Waals surface area contributed by atoms with Gasteiger partial charge < -0.3 is 14.9 Å². The molecule has 0 radical (unpaired) electrons. The van der Waals surface area contributed by atoms with Gasteiger partial charge in [-0.2, -0.15) is 0 Å². The summed E-state index contributed by atoms with van der Waals surface area (Å²) >= 11 is 0. The van der Waals surface area contributed by atoms with Crippen LogP contribution in [0.25, 0.3) is 22.0 Å². The largest absolute Gasteiger partial charge is 0.357 e. The van der Waals surface area contributed by atoms with Crippen molar-refractivity contribution in [3.05, 3.63) is 94.5 Å². The van der Waals surface area contributed by atoms with Crippen LogP contribution in [0.3, 0.4) is 0 Å². The lowest BCUT2D eigenvalue weighted by molar-refractivity contribution is 0.0951. The van der Waals surface area contributed by atoms with Gasteiger partial charge >= 0.3 is 0 Å². The van der Waals surface area contributed by atoms with E-state index in [1.807, 2.05) is 54.6 Å². The van der Waals surface area contributed by atoms with E-state index in [0.29, 0.717) is 17.6 Å². The van der Waals surface area contributed by atoms with Gasteiger partial charge in [0, 0.05) is 42.5 Å². The van der Waals surface area contributed by atoms with Crippen molar-refractivity contribution in [1.82, 2.24) is 14.9 Å². The Labute approximate surface area is 156 Å². The average molecular weight is 357 g/mol. The number of carbonyl (C=O) groups excluding carboxylic acids is 1. The van der Waals surface area contributed by atoms with E-state index in [4.69, 9.17) is 0 Å². The molecular formula is C22H19N3O2. The molecule has 0 aliphatic rings. The summed E-state index contributed by atoms with van der Waals surface area (Å²) in [5.41, 5.74) is 3.92. The van der Waals surface area contributed by atoms with Crippen LogP contribution in [-0.2, 0) is 13.6 Å². The molecule has 27 heavy (non-hydrogen) atoms. The zero-order chi connectivity index (χ0) is 18.8. The van der Waals surface area contributed by atoms with E-state index in [-0.39, 0.29) is 11.5 Å². The molecule has 0 aliphatic carbocycles. The number of pyridine rings is 1. The molecule has 2 N–H and O–H groups in total. The molecular weight excluding hydrogens is 338 g/mol. The number of hydrogen-bond donors (Lipinski definition) is 2. The van der Waals surface area contributed by atoms with Crippen LogP contribution in [0.1, 0.15) is 15.9 Å². The van der Waals surface area contributed by atoms with Gasteiger partial charge in [-0.25, -0.2) is 0 Å². The highest BCUT2D eigenvalue weighted by molar-refractivity contribution is 5.98. The fourth-order valence-corrected chi connectivity index (χ4v) is 3.21. The second-order valence-electron chi connectivity index (χ2n) is 6.47. The van der Waals surface area contributed by atoms with Crippen molar-refractivity contribution in [2.45, 2.75) is 6.54 Å². The number of carbonyl (C=O) groups is 1. The topological polar surface area (TPSA) is 66.9 Å². The Bertz CT molecular complexity index is 1170. The molecule has 0 fully saturated rings. The number of nitrogens with zero attached hydrogens (tertiary/aromatic N) is 1.